The molecule has 1 rings (SSSR count). The van der Waals surface area contributed by atoms with Gasteiger partial charge in [-0.1, -0.05) is 38.6 Å². The predicted molar refractivity (Wildman–Crippen MR) is 92.3 cm³/mol. The Bertz CT molecular complexity index is 416. The van der Waals surface area contributed by atoms with E-state index in [9.17, 15) is 9.59 Å². The van der Waals surface area contributed by atoms with E-state index in [1.165, 1.54) is 0 Å². The second-order valence-corrected chi connectivity index (χ2v) is 7.38. The molecule has 0 bridgehead atoms. The van der Waals surface area contributed by atoms with Gasteiger partial charge < -0.3 is 4.84 Å². The lowest BCUT2D eigenvalue weighted by atomic mass is 9.76. The maximum atomic E-state index is 12.4. The molecule has 1 fully saturated rings. The van der Waals surface area contributed by atoms with E-state index in [-0.39, 0.29) is 24.1 Å². The van der Waals surface area contributed by atoms with Crippen LogP contribution in [0.1, 0.15) is 46.5 Å². The molecule has 0 aromatic carbocycles. The summed E-state index contributed by atoms with van der Waals surface area (Å²) in [7, 11) is 0. The van der Waals surface area contributed by atoms with E-state index < -0.39 is 5.92 Å². The average molecular weight is 325 g/mol. The maximum absolute atomic E-state index is 12.4. The summed E-state index contributed by atoms with van der Waals surface area (Å²) in [5, 5.41) is 4.46. The highest BCUT2D eigenvalue weighted by Gasteiger charge is 2.38. The molecule has 22 heavy (non-hydrogen) atoms. The van der Waals surface area contributed by atoms with Gasteiger partial charge in [-0.25, -0.2) is 0 Å². The first-order chi connectivity index (χ1) is 10.5. The first kappa shape index (κ1) is 18.9. The average Bonchev–Trinajstić information content (AvgIpc) is 2.45. The van der Waals surface area contributed by atoms with E-state index in [0.29, 0.717) is 30.2 Å². The topological polar surface area (TPSA) is 55.7 Å². The van der Waals surface area contributed by atoms with Crippen LogP contribution in [0.2, 0.25) is 0 Å². The zero-order chi connectivity index (χ0) is 16.5. The highest BCUT2D eigenvalue weighted by atomic mass is 32.2. The van der Waals surface area contributed by atoms with Crippen molar-refractivity contribution in [2.24, 2.45) is 17.0 Å². The van der Waals surface area contributed by atoms with Crippen LogP contribution in [-0.4, -0.2) is 34.9 Å². The summed E-state index contributed by atoms with van der Waals surface area (Å²) in [5.41, 5.74) is 0.547. The van der Waals surface area contributed by atoms with Gasteiger partial charge in [-0.3, -0.25) is 9.59 Å². The van der Waals surface area contributed by atoms with Crippen molar-refractivity contribution in [3.63, 3.8) is 0 Å². The third-order valence-electron chi connectivity index (χ3n) is 3.81. The molecule has 0 radical (unpaired) electrons. The minimum Gasteiger partial charge on any atom is -0.392 e. The van der Waals surface area contributed by atoms with E-state index in [1.54, 1.807) is 6.08 Å². The van der Waals surface area contributed by atoms with Gasteiger partial charge >= 0.3 is 0 Å². The molecule has 0 heterocycles. The summed E-state index contributed by atoms with van der Waals surface area (Å²) >= 11 is 1.88. The number of oxime groups is 1. The van der Waals surface area contributed by atoms with Crippen molar-refractivity contribution in [3.8, 4) is 0 Å². The molecule has 0 aromatic rings. The molecule has 1 aliphatic rings. The largest absolute Gasteiger partial charge is 0.392 e. The van der Waals surface area contributed by atoms with Crippen LogP contribution in [-0.2, 0) is 14.4 Å². The second kappa shape index (κ2) is 9.82. The number of thioether (sulfide) groups is 1. The number of hydrogen-bond acceptors (Lipinski definition) is 5. The molecule has 0 N–H and O–H groups in total. The van der Waals surface area contributed by atoms with Gasteiger partial charge in [-0.15, -0.1) is 0 Å². The quantitative estimate of drug-likeness (QED) is 0.213. The summed E-state index contributed by atoms with van der Waals surface area (Å²) in [6.07, 6.45) is 4.02. The Hall–Kier alpha value is -1.10. The summed E-state index contributed by atoms with van der Waals surface area (Å²) in [6.45, 7) is 10.0. The van der Waals surface area contributed by atoms with E-state index >= 15 is 0 Å². The summed E-state index contributed by atoms with van der Waals surface area (Å²) in [4.78, 5) is 29.9. The fraction of sp³-hybridized carbons (Fsp3) is 0.706. The molecular formula is C17H27NO3S. The Morgan fingerprint density at radius 3 is 2.55 bits per heavy atom. The van der Waals surface area contributed by atoms with Crippen molar-refractivity contribution in [1.29, 1.82) is 0 Å². The predicted octanol–water partition coefficient (Wildman–Crippen LogP) is 3.65. The van der Waals surface area contributed by atoms with Crippen LogP contribution >= 0.6 is 11.8 Å². The van der Waals surface area contributed by atoms with Crippen LogP contribution in [0.4, 0.5) is 0 Å². The van der Waals surface area contributed by atoms with Crippen LogP contribution in [0.3, 0.4) is 0 Å². The molecule has 4 nitrogen and oxygen atoms in total. The fourth-order valence-electron chi connectivity index (χ4n) is 2.91. The van der Waals surface area contributed by atoms with Crippen LogP contribution in [0.25, 0.3) is 0 Å². The molecule has 124 valence electrons. The van der Waals surface area contributed by atoms with Crippen molar-refractivity contribution in [2.75, 3.05) is 12.4 Å². The number of carbonyl (C=O) groups excluding carboxylic acids is 2. The van der Waals surface area contributed by atoms with Gasteiger partial charge in [0.15, 0.2) is 0 Å². The van der Waals surface area contributed by atoms with Gasteiger partial charge in [-0.05, 0) is 24.5 Å². The van der Waals surface area contributed by atoms with Gasteiger partial charge in [-0.2, -0.15) is 11.8 Å². The van der Waals surface area contributed by atoms with E-state index in [0.717, 1.165) is 12.2 Å². The molecule has 0 aliphatic heterocycles. The highest BCUT2D eigenvalue weighted by molar-refractivity contribution is 7.99. The number of ketones is 2. The van der Waals surface area contributed by atoms with Crippen LogP contribution in [0.15, 0.2) is 17.8 Å². The SMILES string of the molecule is C=CCON=C(CC)C1C(=O)CC(CC(C)SCC)CC1=O. The van der Waals surface area contributed by atoms with Gasteiger partial charge in [0.05, 0.1) is 5.71 Å². The van der Waals surface area contributed by atoms with Gasteiger partial charge in [0.1, 0.15) is 24.1 Å². The first-order valence-electron chi connectivity index (χ1n) is 8.00. The second-order valence-electron chi connectivity index (χ2n) is 5.66. The van der Waals surface area contributed by atoms with Crippen molar-refractivity contribution in [1.82, 2.24) is 0 Å². The zero-order valence-electron chi connectivity index (χ0n) is 13.8. The van der Waals surface area contributed by atoms with E-state index in [1.807, 2.05) is 18.7 Å². The molecule has 0 saturated heterocycles. The summed E-state index contributed by atoms with van der Waals surface area (Å²) in [6, 6.07) is 0. The number of hydrogen-bond donors (Lipinski definition) is 0. The van der Waals surface area contributed by atoms with Crippen molar-refractivity contribution in [3.05, 3.63) is 12.7 Å². The van der Waals surface area contributed by atoms with Crippen LogP contribution in [0.5, 0.6) is 0 Å². The van der Waals surface area contributed by atoms with Crippen LogP contribution < -0.4 is 0 Å². The number of rotatable bonds is 9. The Kier molecular flexibility index (Phi) is 8.46. The minimum atomic E-state index is -0.694. The minimum absolute atomic E-state index is 0.00208. The van der Waals surface area contributed by atoms with E-state index in [2.05, 4.69) is 25.6 Å². The Balaban J connectivity index is 2.69. The normalized spacial score (nSPS) is 24.2. The molecular weight excluding hydrogens is 298 g/mol. The molecule has 0 aromatic heterocycles. The third-order valence-corrected chi connectivity index (χ3v) is 4.90. The molecule has 1 aliphatic carbocycles. The van der Waals surface area contributed by atoms with Gasteiger partial charge in [0.25, 0.3) is 0 Å². The maximum Gasteiger partial charge on any atom is 0.149 e. The highest BCUT2D eigenvalue weighted by Crippen LogP contribution is 2.31. The Morgan fingerprint density at radius 2 is 2.05 bits per heavy atom. The number of nitrogens with zero attached hydrogens (tertiary/aromatic N) is 1. The summed E-state index contributed by atoms with van der Waals surface area (Å²) < 4.78 is 0. The monoisotopic (exact) mass is 325 g/mol. The first-order valence-corrected chi connectivity index (χ1v) is 9.04. The third kappa shape index (κ3) is 5.59. The van der Waals surface area contributed by atoms with Crippen molar-refractivity contribution in [2.45, 2.75) is 51.7 Å². The molecule has 1 atom stereocenters. The standard InChI is InChI=1S/C17H27NO3S/c1-5-8-21-18-14(6-2)17-15(19)10-13(11-16(17)20)9-12(4)22-7-3/h5,12-13,17H,1,6-11H2,2-4H3. The van der Waals surface area contributed by atoms with Crippen molar-refractivity contribution >= 4 is 29.0 Å². The van der Waals surface area contributed by atoms with E-state index in [4.69, 9.17) is 4.84 Å². The lowest BCUT2D eigenvalue weighted by Gasteiger charge is -2.28. The smallest absolute Gasteiger partial charge is 0.149 e. The van der Waals surface area contributed by atoms with Crippen LogP contribution in [0, 0.1) is 11.8 Å². The molecule has 5 heteroatoms. The van der Waals surface area contributed by atoms with Crippen molar-refractivity contribution < 1.29 is 14.4 Å². The number of carbonyl (C=O) groups is 2. The Morgan fingerprint density at radius 1 is 1.41 bits per heavy atom. The fourth-order valence-corrected chi connectivity index (χ4v) is 3.89. The summed E-state index contributed by atoms with van der Waals surface area (Å²) in [5.74, 6) is 0.541. The molecule has 0 spiro atoms. The number of Topliss-reactive ketones (excluding diaryl/α,β-unsaturated/α-hetero) is 2. The molecule has 1 saturated carbocycles. The lowest BCUT2D eigenvalue weighted by molar-refractivity contribution is -0.134. The Labute approximate surface area is 137 Å². The molecule has 1 unspecified atom stereocenters. The molecule has 0 amide bonds. The lowest BCUT2D eigenvalue weighted by Crippen LogP contribution is -2.39. The zero-order valence-corrected chi connectivity index (χ0v) is 14.7. The van der Waals surface area contributed by atoms with Gasteiger partial charge in [0, 0.05) is 18.1 Å². The van der Waals surface area contributed by atoms with Gasteiger partial charge in [0.2, 0.25) is 0 Å².